The zero-order valence-corrected chi connectivity index (χ0v) is 7.67. The highest BCUT2D eigenvalue weighted by molar-refractivity contribution is 5.93. The molecule has 0 fully saturated rings. The van der Waals surface area contributed by atoms with E-state index in [0.29, 0.717) is 12.1 Å². The number of benzene rings is 1. The first-order chi connectivity index (χ1) is 7.34. The topological polar surface area (TPSA) is 153 Å². The standard InChI is InChI=1S/C7H8N2O7/c10-6-4(7(11)12)1-3(8(13)14)2-5(6)9(15)16/h1-2,8-10,13,15H,(H,11,12). The van der Waals surface area contributed by atoms with Crippen molar-refractivity contribution >= 4 is 17.3 Å². The van der Waals surface area contributed by atoms with Gasteiger partial charge in [0.25, 0.3) is 0 Å². The van der Waals surface area contributed by atoms with Crippen molar-refractivity contribution in [3.63, 3.8) is 0 Å². The summed E-state index contributed by atoms with van der Waals surface area (Å²) in [5.41, 5.74) is -2.05. The van der Waals surface area contributed by atoms with Gasteiger partial charge in [0, 0.05) is 6.07 Å². The number of carboxylic acid groups (broad SMARTS) is 1. The highest BCUT2D eigenvalue weighted by Crippen LogP contribution is 2.27. The van der Waals surface area contributed by atoms with E-state index in [2.05, 4.69) is 0 Å². The Morgan fingerprint density at radius 2 is 1.75 bits per heavy atom. The molecule has 16 heavy (non-hydrogen) atoms. The SMILES string of the molecule is O=C(O)c1cc([NH+]([O-])O)cc([NH+]([O-])O)c1O. The molecule has 9 heteroatoms. The molecule has 1 aromatic carbocycles. The fraction of sp³-hybridized carbons (Fsp3) is 0. The molecule has 0 aliphatic carbocycles. The maximum atomic E-state index is 10.6. The van der Waals surface area contributed by atoms with Gasteiger partial charge in [0.2, 0.25) is 5.69 Å². The van der Waals surface area contributed by atoms with Crippen molar-refractivity contribution in [1.29, 1.82) is 0 Å². The third-order valence-corrected chi connectivity index (χ3v) is 1.82. The fourth-order valence-corrected chi connectivity index (χ4v) is 1.08. The summed E-state index contributed by atoms with van der Waals surface area (Å²) in [6.07, 6.45) is 0. The maximum absolute atomic E-state index is 10.6. The number of phenols is 1. The van der Waals surface area contributed by atoms with E-state index in [-0.39, 0.29) is 0 Å². The van der Waals surface area contributed by atoms with Crippen molar-refractivity contribution in [3.8, 4) is 5.75 Å². The van der Waals surface area contributed by atoms with Gasteiger partial charge < -0.3 is 20.6 Å². The predicted octanol–water partition coefficient (Wildman–Crippen LogP) is -2.10. The van der Waals surface area contributed by atoms with Crippen LogP contribution in [0.1, 0.15) is 10.4 Å². The molecule has 0 amide bonds. The van der Waals surface area contributed by atoms with Gasteiger partial charge in [0.05, 0.1) is 6.07 Å². The first-order valence-corrected chi connectivity index (χ1v) is 3.91. The molecule has 0 saturated heterocycles. The minimum atomic E-state index is -1.61. The van der Waals surface area contributed by atoms with Crippen LogP contribution in [-0.4, -0.2) is 26.6 Å². The summed E-state index contributed by atoms with van der Waals surface area (Å²) in [6.45, 7) is 0. The van der Waals surface area contributed by atoms with Crippen molar-refractivity contribution in [1.82, 2.24) is 0 Å². The third kappa shape index (κ3) is 2.25. The monoisotopic (exact) mass is 232 g/mol. The lowest BCUT2D eigenvalue weighted by molar-refractivity contribution is -0.996. The van der Waals surface area contributed by atoms with Gasteiger partial charge in [0.1, 0.15) is 5.56 Å². The van der Waals surface area contributed by atoms with Gasteiger partial charge in [0.15, 0.2) is 11.4 Å². The molecule has 88 valence electrons. The lowest BCUT2D eigenvalue weighted by Crippen LogP contribution is -3.00. The Morgan fingerprint density at radius 3 is 2.12 bits per heavy atom. The van der Waals surface area contributed by atoms with E-state index >= 15 is 0 Å². The lowest BCUT2D eigenvalue weighted by Gasteiger charge is -2.17. The molecule has 0 spiro atoms. The minimum Gasteiger partial charge on any atom is -0.595 e. The molecule has 2 atom stereocenters. The van der Waals surface area contributed by atoms with E-state index in [4.69, 9.17) is 15.5 Å². The smallest absolute Gasteiger partial charge is 0.339 e. The fourth-order valence-electron chi connectivity index (χ4n) is 1.08. The molecule has 0 aliphatic heterocycles. The van der Waals surface area contributed by atoms with Crippen LogP contribution in [0.3, 0.4) is 0 Å². The maximum Gasteiger partial charge on any atom is 0.339 e. The molecular formula is C7H8N2O7. The summed E-state index contributed by atoms with van der Waals surface area (Å²) in [5.74, 6) is -2.58. The van der Waals surface area contributed by atoms with E-state index in [1.54, 1.807) is 0 Å². The minimum absolute atomic E-state index is 0.521. The second-order valence-electron chi connectivity index (χ2n) is 2.84. The van der Waals surface area contributed by atoms with Crippen molar-refractivity contribution < 1.29 is 35.9 Å². The van der Waals surface area contributed by atoms with E-state index in [1.165, 1.54) is 0 Å². The van der Waals surface area contributed by atoms with Gasteiger partial charge in [-0.3, -0.25) is 0 Å². The zero-order valence-electron chi connectivity index (χ0n) is 7.67. The average Bonchev–Trinajstić information content (AvgIpc) is 2.16. The number of aromatic hydroxyl groups is 1. The van der Waals surface area contributed by atoms with Crippen molar-refractivity contribution in [2.75, 3.05) is 0 Å². The summed E-state index contributed by atoms with van der Waals surface area (Å²) >= 11 is 0. The number of carbonyl (C=O) groups is 1. The molecule has 0 aromatic heterocycles. The molecule has 1 aromatic rings. The summed E-state index contributed by atoms with van der Waals surface area (Å²) < 4.78 is 0. The molecule has 1 rings (SSSR count). The van der Waals surface area contributed by atoms with Crippen molar-refractivity contribution in [2.45, 2.75) is 0 Å². The van der Waals surface area contributed by atoms with Gasteiger partial charge in [-0.1, -0.05) is 0 Å². The number of rotatable bonds is 3. The molecule has 0 saturated carbocycles. The number of quaternary nitrogens is 2. The number of hydrogen-bond donors (Lipinski definition) is 6. The van der Waals surface area contributed by atoms with Crippen molar-refractivity contribution in [3.05, 3.63) is 28.1 Å². The Hall–Kier alpha value is -1.75. The van der Waals surface area contributed by atoms with Crippen LogP contribution in [-0.2, 0) is 0 Å². The van der Waals surface area contributed by atoms with Crippen LogP contribution in [0.25, 0.3) is 0 Å². The van der Waals surface area contributed by atoms with Crippen LogP contribution in [0, 0.1) is 10.4 Å². The third-order valence-electron chi connectivity index (χ3n) is 1.82. The summed E-state index contributed by atoms with van der Waals surface area (Å²) in [6, 6.07) is 1.37. The van der Waals surface area contributed by atoms with Gasteiger partial charge in [-0.2, -0.15) is 10.5 Å². The van der Waals surface area contributed by atoms with E-state index in [1.807, 2.05) is 0 Å². The Bertz CT molecular complexity index is 417. The molecular weight excluding hydrogens is 224 g/mol. The zero-order chi connectivity index (χ0) is 12.5. The van der Waals surface area contributed by atoms with Crippen LogP contribution < -0.4 is 10.5 Å². The van der Waals surface area contributed by atoms with Crippen LogP contribution in [0.4, 0.5) is 11.4 Å². The molecule has 0 aliphatic rings. The summed E-state index contributed by atoms with van der Waals surface area (Å²) in [7, 11) is 0. The first kappa shape index (κ1) is 12.3. The number of nitrogens with one attached hydrogen (secondary N) is 2. The van der Waals surface area contributed by atoms with E-state index < -0.39 is 39.1 Å². The highest BCUT2D eigenvalue weighted by Gasteiger charge is 2.22. The molecule has 2 unspecified atom stereocenters. The lowest BCUT2D eigenvalue weighted by atomic mass is 10.1. The quantitative estimate of drug-likeness (QED) is 0.198. The van der Waals surface area contributed by atoms with Crippen LogP contribution in [0.15, 0.2) is 12.1 Å². The molecule has 9 nitrogen and oxygen atoms in total. The van der Waals surface area contributed by atoms with E-state index in [0.717, 1.165) is 0 Å². The molecule has 0 radical (unpaired) electrons. The normalized spacial score (nSPS) is 14.5. The number of carboxylic acids is 1. The summed E-state index contributed by atoms with van der Waals surface area (Å²) in [4.78, 5) is 10.6. The predicted molar refractivity (Wildman–Crippen MR) is 46.6 cm³/mol. The van der Waals surface area contributed by atoms with E-state index in [9.17, 15) is 20.3 Å². The van der Waals surface area contributed by atoms with Gasteiger partial charge in [-0.25, -0.2) is 15.2 Å². The summed E-state index contributed by atoms with van der Waals surface area (Å²) in [5, 5.41) is 53.3. The Balaban J connectivity index is 3.45. The van der Waals surface area contributed by atoms with Crippen LogP contribution >= 0.6 is 0 Å². The number of aromatic carboxylic acids is 1. The second kappa shape index (κ2) is 4.40. The Kier molecular flexibility index (Phi) is 3.39. The van der Waals surface area contributed by atoms with Crippen LogP contribution in [0.5, 0.6) is 5.75 Å². The highest BCUT2D eigenvalue weighted by atomic mass is 16.8. The number of hydrogen-bond acceptors (Lipinski definition) is 6. The van der Waals surface area contributed by atoms with Gasteiger partial charge in [-0.05, 0) is 0 Å². The van der Waals surface area contributed by atoms with Crippen LogP contribution in [0.2, 0.25) is 0 Å². The average molecular weight is 232 g/mol. The van der Waals surface area contributed by atoms with Gasteiger partial charge in [-0.15, -0.1) is 0 Å². The van der Waals surface area contributed by atoms with Crippen molar-refractivity contribution in [2.24, 2.45) is 0 Å². The molecule has 0 bridgehead atoms. The largest absolute Gasteiger partial charge is 0.595 e. The molecule has 6 N–H and O–H groups in total. The van der Waals surface area contributed by atoms with Gasteiger partial charge >= 0.3 is 5.97 Å². The first-order valence-electron chi connectivity index (χ1n) is 3.91. The Morgan fingerprint density at radius 1 is 1.19 bits per heavy atom. The second-order valence-corrected chi connectivity index (χ2v) is 2.84. The molecule has 0 heterocycles. The Labute approximate surface area is 88.1 Å².